The van der Waals surface area contributed by atoms with E-state index >= 15 is 0 Å². The molecule has 0 N–H and O–H groups in total. The van der Waals surface area contributed by atoms with Gasteiger partial charge < -0.3 is 9.47 Å². The highest BCUT2D eigenvalue weighted by molar-refractivity contribution is 5.87. The molecular formula is C14H19N3O. The van der Waals surface area contributed by atoms with Gasteiger partial charge in [-0.3, -0.25) is 4.79 Å². The molecule has 0 aromatic carbocycles. The monoisotopic (exact) mass is 245 g/mol. The van der Waals surface area contributed by atoms with Crippen molar-refractivity contribution < 1.29 is 4.79 Å². The Morgan fingerprint density at radius 3 is 3.00 bits per heavy atom. The Morgan fingerprint density at radius 2 is 2.28 bits per heavy atom. The van der Waals surface area contributed by atoms with E-state index in [1.807, 2.05) is 37.0 Å². The number of carbonyl (C=O) groups excluding carboxylic acids is 1. The third kappa shape index (κ3) is 2.37. The van der Waals surface area contributed by atoms with E-state index in [1.165, 1.54) is 0 Å². The summed E-state index contributed by atoms with van der Waals surface area (Å²) in [5, 5.41) is 1.07. The molecule has 0 atom stereocenters. The molecule has 0 fully saturated rings. The molecule has 18 heavy (non-hydrogen) atoms. The van der Waals surface area contributed by atoms with E-state index in [0.29, 0.717) is 6.42 Å². The van der Waals surface area contributed by atoms with Gasteiger partial charge in [0.2, 0.25) is 5.91 Å². The standard InChI is InChI=1S/C14H19N3O/c1-4-8-16(2)13(18)9-11-10-17(3)14-12(11)6-5-7-15-14/h5-7,10H,4,8-9H2,1-3H3. The minimum atomic E-state index is 0.160. The molecule has 4 nitrogen and oxygen atoms in total. The molecule has 0 saturated carbocycles. The molecule has 0 radical (unpaired) electrons. The van der Waals surface area contributed by atoms with Crippen LogP contribution >= 0.6 is 0 Å². The minimum absolute atomic E-state index is 0.160. The summed E-state index contributed by atoms with van der Waals surface area (Å²) < 4.78 is 1.97. The van der Waals surface area contributed by atoms with Crippen LogP contribution < -0.4 is 0 Å². The van der Waals surface area contributed by atoms with E-state index in [4.69, 9.17) is 0 Å². The SMILES string of the molecule is CCCN(C)C(=O)Cc1cn(C)c2ncccc12. The van der Waals surface area contributed by atoms with Crippen molar-refractivity contribution in [2.45, 2.75) is 19.8 Å². The number of aryl methyl sites for hydroxylation is 1. The summed E-state index contributed by atoms with van der Waals surface area (Å²) in [5.41, 5.74) is 1.98. The molecule has 96 valence electrons. The Bertz CT molecular complexity index is 559. The first-order valence-electron chi connectivity index (χ1n) is 6.26. The highest BCUT2D eigenvalue weighted by Gasteiger charge is 2.13. The van der Waals surface area contributed by atoms with E-state index in [9.17, 15) is 4.79 Å². The van der Waals surface area contributed by atoms with Crippen molar-refractivity contribution in [3.8, 4) is 0 Å². The van der Waals surface area contributed by atoms with Gasteiger partial charge in [-0.05, 0) is 24.1 Å². The molecule has 4 heteroatoms. The maximum absolute atomic E-state index is 12.1. The number of amides is 1. The van der Waals surface area contributed by atoms with Gasteiger partial charge >= 0.3 is 0 Å². The number of carbonyl (C=O) groups is 1. The van der Waals surface area contributed by atoms with E-state index in [0.717, 1.165) is 29.6 Å². The number of nitrogens with zero attached hydrogens (tertiary/aromatic N) is 3. The molecule has 0 bridgehead atoms. The molecular weight excluding hydrogens is 226 g/mol. The first kappa shape index (κ1) is 12.6. The summed E-state index contributed by atoms with van der Waals surface area (Å²) in [5.74, 6) is 0.160. The van der Waals surface area contributed by atoms with Crippen molar-refractivity contribution in [2.24, 2.45) is 7.05 Å². The van der Waals surface area contributed by atoms with Crippen LogP contribution in [0.4, 0.5) is 0 Å². The van der Waals surface area contributed by atoms with E-state index in [-0.39, 0.29) is 5.91 Å². The molecule has 1 amide bonds. The maximum Gasteiger partial charge on any atom is 0.226 e. The van der Waals surface area contributed by atoms with Gasteiger partial charge in [0.05, 0.1) is 6.42 Å². The Morgan fingerprint density at radius 1 is 1.50 bits per heavy atom. The summed E-state index contributed by atoms with van der Waals surface area (Å²) in [4.78, 5) is 18.2. The van der Waals surface area contributed by atoms with Crippen molar-refractivity contribution in [1.29, 1.82) is 0 Å². The zero-order chi connectivity index (χ0) is 13.1. The van der Waals surface area contributed by atoms with Crippen molar-refractivity contribution in [3.05, 3.63) is 30.1 Å². The van der Waals surface area contributed by atoms with Crippen molar-refractivity contribution in [2.75, 3.05) is 13.6 Å². The van der Waals surface area contributed by atoms with Crippen LogP contribution in [0.3, 0.4) is 0 Å². The van der Waals surface area contributed by atoms with Crippen LogP contribution in [0.2, 0.25) is 0 Å². The van der Waals surface area contributed by atoms with Crippen molar-refractivity contribution in [1.82, 2.24) is 14.5 Å². The van der Waals surface area contributed by atoms with Crippen molar-refractivity contribution in [3.63, 3.8) is 0 Å². The minimum Gasteiger partial charge on any atom is -0.345 e. The lowest BCUT2D eigenvalue weighted by Crippen LogP contribution is -2.28. The van der Waals surface area contributed by atoms with Gasteiger partial charge in [0, 0.05) is 38.4 Å². The Kier molecular flexibility index (Phi) is 3.65. The molecule has 0 aliphatic rings. The van der Waals surface area contributed by atoms with Crippen LogP contribution in [0.1, 0.15) is 18.9 Å². The summed E-state index contributed by atoms with van der Waals surface area (Å²) in [6, 6.07) is 3.93. The van der Waals surface area contributed by atoms with Crippen LogP contribution in [-0.4, -0.2) is 34.0 Å². The smallest absolute Gasteiger partial charge is 0.226 e. The Hall–Kier alpha value is -1.84. The maximum atomic E-state index is 12.1. The second-order valence-electron chi connectivity index (χ2n) is 4.63. The molecule has 2 heterocycles. The number of likely N-dealkylation sites (N-methyl/N-ethyl adjacent to an activating group) is 1. The van der Waals surface area contributed by atoms with Gasteiger partial charge in [-0.2, -0.15) is 0 Å². The largest absolute Gasteiger partial charge is 0.345 e. The predicted octanol–water partition coefficient (Wildman–Crippen LogP) is 1.98. The summed E-state index contributed by atoms with van der Waals surface area (Å²) in [7, 11) is 3.81. The average Bonchev–Trinajstić information content (AvgIpc) is 2.67. The highest BCUT2D eigenvalue weighted by Crippen LogP contribution is 2.19. The first-order chi connectivity index (χ1) is 8.63. The fourth-order valence-corrected chi connectivity index (χ4v) is 2.19. The lowest BCUT2D eigenvalue weighted by atomic mass is 10.1. The number of fused-ring (bicyclic) bond motifs is 1. The molecule has 0 aliphatic heterocycles. The van der Waals surface area contributed by atoms with E-state index in [1.54, 1.807) is 11.1 Å². The highest BCUT2D eigenvalue weighted by atomic mass is 16.2. The lowest BCUT2D eigenvalue weighted by Gasteiger charge is -2.15. The zero-order valence-electron chi connectivity index (χ0n) is 11.2. The number of hydrogen-bond donors (Lipinski definition) is 0. The van der Waals surface area contributed by atoms with Crippen LogP contribution in [0.15, 0.2) is 24.5 Å². The third-order valence-corrected chi connectivity index (χ3v) is 3.14. The second-order valence-corrected chi connectivity index (χ2v) is 4.63. The zero-order valence-corrected chi connectivity index (χ0v) is 11.2. The average molecular weight is 245 g/mol. The van der Waals surface area contributed by atoms with Gasteiger partial charge in [0.15, 0.2) is 0 Å². The van der Waals surface area contributed by atoms with E-state index in [2.05, 4.69) is 11.9 Å². The molecule has 2 aromatic rings. The molecule has 0 unspecified atom stereocenters. The number of pyridine rings is 1. The van der Waals surface area contributed by atoms with Gasteiger partial charge in [-0.15, -0.1) is 0 Å². The number of aromatic nitrogens is 2. The van der Waals surface area contributed by atoms with Crippen LogP contribution in [-0.2, 0) is 18.3 Å². The van der Waals surface area contributed by atoms with Crippen LogP contribution in [0.25, 0.3) is 11.0 Å². The molecule has 0 saturated heterocycles. The topological polar surface area (TPSA) is 38.1 Å². The van der Waals surface area contributed by atoms with Crippen LogP contribution in [0, 0.1) is 0 Å². The predicted molar refractivity (Wildman–Crippen MR) is 72.3 cm³/mol. The van der Waals surface area contributed by atoms with Gasteiger partial charge in [0.1, 0.15) is 5.65 Å². The van der Waals surface area contributed by atoms with Gasteiger partial charge in [-0.25, -0.2) is 4.98 Å². The van der Waals surface area contributed by atoms with Crippen LogP contribution in [0.5, 0.6) is 0 Å². The quantitative estimate of drug-likeness (QED) is 0.826. The summed E-state index contributed by atoms with van der Waals surface area (Å²) in [6.07, 6.45) is 5.20. The number of rotatable bonds is 4. The van der Waals surface area contributed by atoms with E-state index < -0.39 is 0 Å². The Balaban J connectivity index is 2.24. The first-order valence-corrected chi connectivity index (χ1v) is 6.26. The second kappa shape index (κ2) is 5.21. The molecule has 2 aromatic heterocycles. The van der Waals surface area contributed by atoms with Gasteiger partial charge in [0.25, 0.3) is 0 Å². The summed E-state index contributed by atoms with van der Waals surface area (Å²) in [6.45, 7) is 2.88. The third-order valence-electron chi connectivity index (χ3n) is 3.14. The fraction of sp³-hybridized carbons (Fsp3) is 0.429. The summed E-state index contributed by atoms with van der Waals surface area (Å²) >= 11 is 0. The van der Waals surface area contributed by atoms with Gasteiger partial charge in [-0.1, -0.05) is 6.92 Å². The molecule has 0 aliphatic carbocycles. The fourth-order valence-electron chi connectivity index (χ4n) is 2.19. The normalized spacial score (nSPS) is 10.8. The molecule has 0 spiro atoms. The number of hydrogen-bond acceptors (Lipinski definition) is 2. The van der Waals surface area contributed by atoms with Crippen molar-refractivity contribution >= 4 is 16.9 Å². The molecule has 2 rings (SSSR count). The Labute approximate surface area is 107 Å². The lowest BCUT2D eigenvalue weighted by molar-refractivity contribution is -0.129.